The fourth-order valence-corrected chi connectivity index (χ4v) is 2.48. The van der Waals surface area contributed by atoms with Gasteiger partial charge in [-0.25, -0.2) is 0 Å². The van der Waals surface area contributed by atoms with E-state index < -0.39 is 0 Å². The van der Waals surface area contributed by atoms with Crippen LogP contribution < -0.4 is 5.32 Å². The van der Waals surface area contributed by atoms with Crippen molar-refractivity contribution in [2.45, 2.75) is 57.9 Å². The van der Waals surface area contributed by atoms with Crippen LogP contribution in [0.3, 0.4) is 0 Å². The molecular weight excluding hydrogens is 228 g/mol. The molecule has 0 aliphatic carbocycles. The van der Waals surface area contributed by atoms with Crippen LogP contribution in [0.1, 0.15) is 51.9 Å². The molecule has 2 N–H and O–H groups in total. The SMILES string of the molecule is CCCCCCN(CCO)C(=O)CC1CCCN1. The number of nitrogens with zero attached hydrogens (tertiary/aromatic N) is 1. The van der Waals surface area contributed by atoms with Crippen molar-refractivity contribution in [3.05, 3.63) is 0 Å². The Labute approximate surface area is 111 Å². The molecule has 1 unspecified atom stereocenters. The first-order chi connectivity index (χ1) is 8.77. The number of carbonyl (C=O) groups excluding carboxylic acids is 1. The number of aliphatic hydroxyl groups is 1. The smallest absolute Gasteiger partial charge is 0.224 e. The highest BCUT2D eigenvalue weighted by atomic mass is 16.3. The van der Waals surface area contributed by atoms with Crippen molar-refractivity contribution in [3.63, 3.8) is 0 Å². The van der Waals surface area contributed by atoms with Gasteiger partial charge in [0.15, 0.2) is 0 Å². The third kappa shape index (κ3) is 5.83. The summed E-state index contributed by atoms with van der Waals surface area (Å²) in [7, 11) is 0. The van der Waals surface area contributed by atoms with E-state index in [9.17, 15) is 4.79 Å². The number of hydrogen-bond donors (Lipinski definition) is 2. The van der Waals surface area contributed by atoms with E-state index in [4.69, 9.17) is 5.11 Å². The molecule has 1 heterocycles. The zero-order chi connectivity index (χ0) is 13.2. The van der Waals surface area contributed by atoms with E-state index in [1.807, 2.05) is 4.90 Å². The number of unbranched alkanes of at least 4 members (excludes halogenated alkanes) is 3. The molecule has 0 spiro atoms. The average molecular weight is 256 g/mol. The molecule has 1 aliphatic heterocycles. The number of amides is 1. The van der Waals surface area contributed by atoms with Crippen molar-refractivity contribution in [1.82, 2.24) is 10.2 Å². The van der Waals surface area contributed by atoms with Gasteiger partial charge in [0, 0.05) is 25.6 Å². The molecule has 1 aliphatic rings. The zero-order valence-electron chi connectivity index (χ0n) is 11.7. The van der Waals surface area contributed by atoms with Crippen molar-refractivity contribution in [2.24, 2.45) is 0 Å². The Balaban J connectivity index is 2.26. The summed E-state index contributed by atoms with van der Waals surface area (Å²) in [6, 6.07) is 0.356. The minimum Gasteiger partial charge on any atom is -0.395 e. The van der Waals surface area contributed by atoms with Gasteiger partial charge in [-0.15, -0.1) is 0 Å². The largest absolute Gasteiger partial charge is 0.395 e. The highest BCUT2D eigenvalue weighted by Crippen LogP contribution is 2.11. The summed E-state index contributed by atoms with van der Waals surface area (Å²) >= 11 is 0. The van der Waals surface area contributed by atoms with Crippen LogP contribution in [0.15, 0.2) is 0 Å². The fraction of sp³-hybridized carbons (Fsp3) is 0.929. The molecule has 1 fully saturated rings. The Bertz CT molecular complexity index is 228. The van der Waals surface area contributed by atoms with Crippen LogP contribution in [0.4, 0.5) is 0 Å². The van der Waals surface area contributed by atoms with Crippen LogP contribution >= 0.6 is 0 Å². The Morgan fingerprint density at radius 3 is 2.78 bits per heavy atom. The second-order valence-corrected chi connectivity index (χ2v) is 5.16. The molecular formula is C14H28N2O2. The average Bonchev–Trinajstić information content (AvgIpc) is 2.86. The highest BCUT2D eigenvalue weighted by molar-refractivity contribution is 5.76. The van der Waals surface area contributed by atoms with Gasteiger partial charge in [-0.2, -0.15) is 0 Å². The van der Waals surface area contributed by atoms with Crippen molar-refractivity contribution < 1.29 is 9.90 Å². The van der Waals surface area contributed by atoms with E-state index >= 15 is 0 Å². The summed E-state index contributed by atoms with van der Waals surface area (Å²) in [5, 5.41) is 12.4. The lowest BCUT2D eigenvalue weighted by atomic mass is 10.1. The van der Waals surface area contributed by atoms with Crippen molar-refractivity contribution in [2.75, 3.05) is 26.2 Å². The molecule has 0 saturated carbocycles. The molecule has 1 saturated heterocycles. The van der Waals surface area contributed by atoms with E-state index in [1.54, 1.807) is 0 Å². The molecule has 4 nitrogen and oxygen atoms in total. The van der Waals surface area contributed by atoms with Crippen LogP contribution in [0.5, 0.6) is 0 Å². The molecule has 0 aromatic carbocycles. The minimum absolute atomic E-state index is 0.0671. The molecule has 0 radical (unpaired) electrons. The second kappa shape index (κ2) is 9.34. The van der Waals surface area contributed by atoms with Gasteiger partial charge in [0.2, 0.25) is 5.91 Å². The molecule has 106 valence electrons. The zero-order valence-corrected chi connectivity index (χ0v) is 11.7. The lowest BCUT2D eigenvalue weighted by Gasteiger charge is -2.23. The molecule has 0 bridgehead atoms. The molecule has 1 rings (SSSR count). The monoisotopic (exact) mass is 256 g/mol. The summed E-state index contributed by atoms with van der Waals surface area (Å²) in [5.41, 5.74) is 0. The van der Waals surface area contributed by atoms with Gasteiger partial charge < -0.3 is 15.3 Å². The van der Waals surface area contributed by atoms with E-state index in [-0.39, 0.29) is 12.5 Å². The number of carbonyl (C=O) groups is 1. The summed E-state index contributed by atoms with van der Waals surface area (Å²) in [5.74, 6) is 0.194. The van der Waals surface area contributed by atoms with E-state index in [0.717, 1.165) is 25.9 Å². The fourth-order valence-electron chi connectivity index (χ4n) is 2.48. The Morgan fingerprint density at radius 1 is 1.33 bits per heavy atom. The van der Waals surface area contributed by atoms with Gasteiger partial charge in [0.25, 0.3) is 0 Å². The van der Waals surface area contributed by atoms with Gasteiger partial charge in [-0.05, 0) is 25.8 Å². The summed E-state index contributed by atoms with van der Waals surface area (Å²) in [6.07, 6.45) is 7.53. The number of rotatable bonds is 9. The Hall–Kier alpha value is -0.610. The minimum atomic E-state index is 0.0671. The van der Waals surface area contributed by atoms with Crippen molar-refractivity contribution in [1.29, 1.82) is 0 Å². The Morgan fingerprint density at radius 2 is 2.17 bits per heavy atom. The molecule has 1 atom stereocenters. The molecule has 0 aromatic rings. The van der Waals surface area contributed by atoms with Crippen molar-refractivity contribution in [3.8, 4) is 0 Å². The third-order valence-corrected chi connectivity index (χ3v) is 3.59. The van der Waals surface area contributed by atoms with Crippen LogP contribution in [-0.4, -0.2) is 48.2 Å². The van der Waals surface area contributed by atoms with E-state index in [0.29, 0.717) is 19.0 Å². The van der Waals surface area contributed by atoms with Crippen LogP contribution in [0.25, 0.3) is 0 Å². The van der Waals surface area contributed by atoms with Crippen LogP contribution in [0.2, 0.25) is 0 Å². The number of nitrogens with one attached hydrogen (secondary N) is 1. The van der Waals surface area contributed by atoms with Gasteiger partial charge in [0.1, 0.15) is 0 Å². The van der Waals surface area contributed by atoms with Gasteiger partial charge in [-0.1, -0.05) is 26.2 Å². The summed E-state index contributed by atoms with van der Waals surface area (Å²) in [6.45, 7) is 4.57. The van der Waals surface area contributed by atoms with Gasteiger partial charge in [-0.3, -0.25) is 4.79 Å². The Kier molecular flexibility index (Phi) is 8.01. The first kappa shape index (κ1) is 15.4. The maximum Gasteiger partial charge on any atom is 0.224 e. The summed E-state index contributed by atoms with van der Waals surface area (Å²) < 4.78 is 0. The maximum atomic E-state index is 12.1. The quantitative estimate of drug-likeness (QED) is 0.615. The number of hydrogen-bond acceptors (Lipinski definition) is 3. The summed E-state index contributed by atoms with van der Waals surface area (Å²) in [4.78, 5) is 14.0. The number of aliphatic hydroxyl groups excluding tert-OH is 1. The third-order valence-electron chi connectivity index (χ3n) is 3.59. The van der Waals surface area contributed by atoms with Crippen molar-refractivity contribution >= 4 is 5.91 Å². The van der Waals surface area contributed by atoms with E-state index in [2.05, 4.69) is 12.2 Å². The normalized spacial score (nSPS) is 19.1. The predicted molar refractivity (Wildman–Crippen MR) is 73.4 cm³/mol. The molecule has 18 heavy (non-hydrogen) atoms. The van der Waals surface area contributed by atoms with Gasteiger partial charge >= 0.3 is 0 Å². The first-order valence-corrected chi connectivity index (χ1v) is 7.40. The molecule has 4 heteroatoms. The van der Waals surface area contributed by atoms with Gasteiger partial charge in [0.05, 0.1) is 6.61 Å². The molecule has 0 aromatic heterocycles. The topological polar surface area (TPSA) is 52.6 Å². The second-order valence-electron chi connectivity index (χ2n) is 5.16. The first-order valence-electron chi connectivity index (χ1n) is 7.40. The lowest BCUT2D eigenvalue weighted by Crippen LogP contribution is -2.38. The van der Waals surface area contributed by atoms with E-state index in [1.165, 1.54) is 25.7 Å². The highest BCUT2D eigenvalue weighted by Gasteiger charge is 2.21. The predicted octanol–water partition coefficient (Wildman–Crippen LogP) is 1.53. The standard InChI is InChI=1S/C14H28N2O2/c1-2-3-4-5-9-16(10-11-17)14(18)12-13-7-6-8-15-13/h13,15,17H,2-12H2,1H3. The maximum absolute atomic E-state index is 12.1. The van der Waals surface area contributed by atoms with Crippen LogP contribution in [-0.2, 0) is 4.79 Å². The van der Waals surface area contributed by atoms with Crippen LogP contribution in [0, 0.1) is 0 Å². The molecule has 1 amide bonds. The lowest BCUT2D eigenvalue weighted by molar-refractivity contribution is -0.132.